The Bertz CT molecular complexity index is 1520. The van der Waals surface area contributed by atoms with Gasteiger partial charge in [0.1, 0.15) is 5.75 Å². The van der Waals surface area contributed by atoms with E-state index in [1.165, 1.54) is 28.6 Å². The highest BCUT2D eigenvalue weighted by Gasteiger charge is 2.50. The normalized spacial score (nSPS) is 25.5. The van der Waals surface area contributed by atoms with E-state index in [-0.39, 0.29) is 48.4 Å². The number of benzene rings is 2. The van der Waals surface area contributed by atoms with Crippen molar-refractivity contribution in [2.45, 2.75) is 82.0 Å². The van der Waals surface area contributed by atoms with E-state index in [9.17, 15) is 31.5 Å². The minimum Gasteiger partial charge on any atom is -0.479 e. The molecule has 5 rings (SSSR count). The van der Waals surface area contributed by atoms with Gasteiger partial charge in [-0.2, -0.15) is 17.5 Å². The molecule has 4 atom stereocenters. The minimum atomic E-state index is -4.41. The molecule has 42 heavy (non-hydrogen) atoms. The summed E-state index contributed by atoms with van der Waals surface area (Å²) in [7, 11) is -4.00. The number of aliphatic carboxylic acids is 1. The Morgan fingerprint density at radius 2 is 1.95 bits per heavy atom. The molecule has 1 aliphatic heterocycles. The van der Waals surface area contributed by atoms with Crippen LogP contribution in [0.25, 0.3) is 0 Å². The maximum absolute atomic E-state index is 14.1. The zero-order valence-electron chi connectivity index (χ0n) is 23.7. The van der Waals surface area contributed by atoms with Crippen LogP contribution in [0.2, 0.25) is 0 Å². The first-order valence-corrected chi connectivity index (χ1v) is 15.8. The zero-order chi connectivity index (χ0) is 30.3. The van der Waals surface area contributed by atoms with Crippen LogP contribution >= 0.6 is 0 Å². The summed E-state index contributed by atoms with van der Waals surface area (Å²) in [6.07, 6.45) is 2.39. The topological polar surface area (TPSA) is 83.9 Å². The molecule has 0 saturated heterocycles. The third-order valence-electron chi connectivity index (χ3n) is 9.13. The molecule has 4 unspecified atom stereocenters. The summed E-state index contributed by atoms with van der Waals surface area (Å²) in [4.78, 5) is 11.5. The molecule has 2 aromatic carbocycles. The highest BCUT2D eigenvalue weighted by atomic mass is 32.2. The average Bonchev–Trinajstić information content (AvgIpc) is 2.95. The lowest BCUT2D eigenvalue weighted by Crippen LogP contribution is -2.46. The third-order valence-corrected chi connectivity index (χ3v) is 11.1. The quantitative estimate of drug-likeness (QED) is 0.363. The standard InChI is InChI=1S/C32H36F3NO5S/c1-3-28(30(37)38)41-24-13-14-29(21(2)17-24)42(39,40)36-19-22-9-4-5-11-25(22)26(20-36)27-12-6-7-15-31(27)16-8-10-23(18-31)32(33,34)35/h4-5,8-11,13-14,16-17,26-28H,3,6-7,12,15,18-20H2,1-2H3,(H,37,38). The van der Waals surface area contributed by atoms with E-state index in [1.54, 1.807) is 13.8 Å². The summed E-state index contributed by atoms with van der Waals surface area (Å²) in [5, 5.41) is 9.33. The maximum atomic E-state index is 14.1. The fourth-order valence-electron chi connectivity index (χ4n) is 7.08. The number of allylic oxidation sites excluding steroid dienone is 4. The van der Waals surface area contributed by atoms with Crippen molar-refractivity contribution in [3.05, 3.63) is 83.0 Å². The molecule has 0 amide bonds. The van der Waals surface area contributed by atoms with Gasteiger partial charge in [-0.25, -0.2) is 13.2 Å². The number of halogens is 3. The van der Waals surface area contributed by atoms with Crippen molar-refractivity contribution in [2.24, 2.45) is 11.3 Å². The summed E-state index contributed by atoms with van der Waals surface area (Å²) >= 11 is 0. The monoisotopic (exact) mass is 603 g/mol. The first-order valence-electron chi connectivity index (χ1n) is 14.4. The van der Waals surface area contributed by atoms with Gasteiger partial charge in [-0.05, 0) is 78.8 Å². The molecule has 6 nitrogen and oxygen atoms in total. The summed E-state index contributed by atoms with van der Waals surface area (Å²) in [6, 6.07) is 12.1. The van der Waals surface area contributed by atoms with Crippen LogP contribution in [0.15, 0.2) is 71.2 Å². The number of aryl methyl sites for hydroxylation is 1. The number of ether oxygens (including phenoxy) is 1. The zero-order valence-corrected chi connectivity index (χ0v) is 24.5. The van der Waals surface area contributed by atoms with Crippen molar-refractivity contribution in [2.75, 3.05) is 6.54 Å². The van der Waals surface area contributed by atoms with Gasteiger partial charge in [-0.3, -0.25) is 0 Å². The summed E-state index contributed by atoms with van der Waals surface area (Å²) in [5.74, 6) is -1.27. The molecule has 0 aromatic heterocycles. The SMILES string of the molecule is CCC(Oc1ccc(S(=O)(=O)N2Cc3ccccc3C(C3CCCCC34C=CC=C(C(F)(F)F)C4)C2)c(C)c1)C(=O)O. The van der Waals surface area contributed by atoms with Crippen LogP contribution < -0.4 is 4.74 Å². The number of carboxylic acid groups (broad SMARTS) is 1. The van der Waals surface area contributed by atoms with E-state index < -0.39 is 39.3 Å². The van der Waals surface area contributed by atoms with Crippen LogP contribution in [0.3, 0.4) is 0 Å². The van der Waals surface area contributed by atoms with Gasteiger partial charge in [0.25, 0.3) is 0 Å². The first-order chi connectivity index (χ1) is 19.9. The van der Waals surface area contributed by atoms with Crippen molar-refractivity contribution in [3.63, 3.8) is 0 Å². The Labute approximate surface area is 244 Å². The van der Waals surface area contributed by atoms with Crippen molar-refractivity contribution in [1.82, 2.24) is 4.31 Å². The van der Waals surface area contributed by atoms with Gasteiger partial charge in [-0.15, -0.1) is 0 Å². The molecule has 226 valence electrons. The van der Waals surface area contributed by atoms with E-state index in [4.69, 9.17) is 4.74 Å². The molecule has 0 radical (unpaired) electrons. The fourth-order valence-corrected chi connectivity index (χ4v) is 8.73. The summed E-state index contributed by atoms with van der Waals surface area (Å²) < 4.78 is 76.8. The van der Waals surface area contributed by atoms with Gasteiger partial charge in [0.2, 0.25) is 10.0 Å². The Balaban J connectivity index is 1.49. The fraction of sp³-hybridized carbons (Fsp3) is 0.469. The van der Waals surface area contributed by atoms with Crippen LogP contribution in [0.5, 0.6) is 5.75 Å². The Morgan fingerprint density at radius 3 is 2.64 bits per heavy atom. The molecule has 1 spiro atoms. The molecule has 1 fully saturated rings. The average molecular weight is 604 g/mol. The molecule has 1 saturated carbocycles. The highest BCUT2D eigenvalue weighted by molar-refractivity contribution is 7.89. The number of carboxylic acids is 1. The van der Waals surface area contributed by atoms with Gasteiger partial charge < -0.3 is 9.84 Å². The second-order valence-electron chi connectivity index (χ2n) is 11.7. The van der Waals surface area contributed by atoms with Crippen molar-refractivity contribution >= 4 is 16.0 Å². The number of sulfonamides is 1. The smallest absolute Gasteiger partial charge is 0.412 e. The molecular formula is C32H36F3NO5S. The second kappa shape index (κ2) is 11.5. The van der Waals surface area contributed by atoms with Crippen LogP contribution in [0, 0.1) is 18.3 Å². The van der Waals surface area contributed by atoms with Crippen LogP contribution in [-0.2, 0) is 21.4 Å². The molecular weight excluding hydrogens is 567 g/mol. The molecule has 2 aliphatic carbocycles. The van der Waals surface area contributed by atoms with Crippen molar-refractivity contribution < 1.29 is 36.2 Å². The van der Waals surface area contributed by atoms with Crippen molar-refractivity contribution in [3.8, 4) is 5.75 Å². The summed E-state index contributed by atoms with van der Waals surface area (Å²) in [6.45, 7) is 3.66. The predicted molar refractivity (Wildman–Crippen MR) is 153 cm³/mol. The molecule has 0 bridgehead atoms. The lowest BCUT2D eigenvalue weighted by molar-refractivity contribution is -0.145. The van der Waals surface area contributed by atoms with Crippen LogP contribution in [-0.4, -0.2) is 42.6 Å². The van der Waals surface area contributed by atoms with E-state index >= 15 is 0 Å². The Hall–Kier alpha value is -3.11. The number of carbonyl (C=O) groups is 1. The molecule has 1 N–H and O–H groups in total. The number of fused-ring (bicyclic) bond motifs is 1. The van der Waals surface area contributed by atoms with Gasteiger partial charge in [0.05, 0.1) is 4.90 Å². The minimum absolute atomic E-state index is 0.0922. The molecule has 2 aromatic rings. The maximum Gasteiger partial charge on any atom is 0.412 e. The van der Waals surface area contributed by atoms with Gasteiger partial charge in [-0.1, -0.05) is 62.3 Å². The van der Waals surface area contributed by atoms with E-state index in [2.05, 4.69) is 0 Å². The molecule has 3 aliphatic rings. The third kappa shape index (κ3) is 5.75. The van der Waals surface area contributed by atoms with Crippen molar-refractivity contribution in [1.29, 1.82) is 0 Å². The number of rotatable bonds is 7. The number of nitrogens with zero attached hydrogens (tertiary/aromatic N) is 1. The number of hydrogen-bond acceptors (Lipinski definition) is 4. The van der Waals surface area contributed by atoms with Crippen LogP contribution in [0.1, 0.15) is 68.1 Å². The Kier molecular flexibility index (Phi) is 8.33. The Morgan fingerprint density at radius 1 is 1.19 bits per heavy atom. The first kappa shape index (κ1) is 30.4. The number of hydrogen-bond donors (Lipinski definition) is 1. The van der Waals surface area contributed by atoms with E-state index in [0.717, 1.165) is 36.5 Å². The van der Waals surface area contributed by atoms with E-state index in [1.807, 2.05) is 30.3 Å². The predicted octanol–water partition coefficient (Wildman–Crippen LogP) is 7.15. The highest BCUT2D eigenvalue weighted by Crippen LogP contribution is 2.56. The van der Waals surface area contributed by atoms with E-state index in [0.29, 0.717) is 12.0 Å². The summed E-state index contributed by atoms with van der Waals surface area (Å²) in [5.41, 5.74) is 1.06. The van der Waals surface area contributed by atoms with Gasteiger partial charge in [0, 0.05) is 24.6 Å². The lowest BCUT2D eigenvalue weighted by atomic mass is 9.56. The molecule has 1 heterocycles. The molecule has 10 heteroatoms. The number of alkyl halides is 3. The van der Waals surface area contributed by atoms with Gasteiger partial charge in [0.15, 0.2) is 6.10 Å². The van der Waals surface area contributed by atoms with Crippen LogP contribution in [0.4, 0.5) is 13.2 Å². The lowest BCUT2D eigenvalue weighted by Gasteiger charge is -2.50. The van der Waals surface area contributed by atoms with Gasteiger partial charge >= 0.3 is 12.1 Å². The largest absolute Gasteiger partial charge is 0.479 e. The second-order valence-corrected chi connectivity index (χ2v) is 13.6.